The highest BCUT2D eigenvalue weighted by molar-refractivity contribution is 5.86. The second-order valence-electron chi connectivity index (χ2n) is 6.86. The normalized spacial score (nSPS) is 16.7. The van der Waals surface area contributed by atoms with Crippen molar-refractivity contribution in [2.45, 2.75) is 32.9 Å². The first-order chi connectivity index (χ1) is 11.4. The van der Waals surface area contributed by atoms with Gasteiger partial charge in [-0.15, -0.1) is 0 Å². The first kappa shape index (κ1) is 14.8. The van der Waals surface area contributed by atoms with E-state index in [1.54, 1.807) is 12.1 Å². The zero-order valence-electron chi connectivity index (χ0n) is 13.8. The predicted octanol–water partition coefficient (Wildman–Crippen LogP) is 4.76. The third-order valence-corrected chi connectivity index (χ3v) is 4.99. The van der Waals surface area contributed by atoms with E-state index in [2.05, 4.69) is 32.2 Å². The fourth-order valence-electron chi connectivity index (χ4n) is 3.30. The molecule has 0 spiro atoms. The van der Waals surface area contributed by atoms with Crippen molar-refractivity contribution in [2.24, 2.45) is 0 Å². The number of nitro benzene ring substituents is 1. The van der Waals surface area contributed by atoms with E-state index in [9.17, 15) is 10.1 Å². The maximum Gasteiger partial charge on any atom is 0.270 e. The van der Waals surface area contributed by atoms with E-state index in [0.717, 1.165) is 27.9 Å². The van der Waals surface area contributed by atoms with Crippen molar-refractivity contribution >= 4 is 17.5 Å². The van der Waals surface area contributed by atoms with E-state index in [0.29, 0.717) is 12.4 Å². The van der Waals surface area contributed by atoms with Gasteiger partial charge in [-0.2, -0.15) is 0 Å². The van der Waals surface area contributed by atoms with Crippen molar-refractivity contribution in [3.05, 3.63) is 57.1 Å². The average molecular weight is 322 g/mol. The van der Waals surface area contributed by atoms with Gasteiger partial charge in [0.1, 0.15) is 12.4 Å². The molecule has 5 heteroatoms. The van der Waals surface area contributed by atoms with Crippen LogP contribution < -0.4 is 10.1 Å². The summed E-state index contributed by atoms with van der Waals surface area (Å²) in [7, 11) is 0. The monoisotopic (exact) mass is 322 g/mol. The highest BCUT2D eigenvalue weighted by Gasteiger charge is 2.29. The molecule has 2 aliphatic rings. The van der Waals surface area contributed by atoms with Crippen LogP contribution in [0.1, 0.15) is 31.9 Å². The lowest BCUT2D eigenvalue weighted by atomic mass is 9.84. The van der Waals surface area contributed by atoms with Gasteiger partial charge < -0.3 is 10.1 Å². The van der Waals surface area contributed by atoms with E-state index in [-0.39, 0.29) is 16.1 Å². The summed E-state index contributed by atoms with van der Waals surface area (Å²) in [5, 5.41) is 14.6. The first-order valence-corrected chi connectivity index (χ1v) is 7.91. The Balaban J connectivity index is 1.92. The Labute approximate surface area is 140 Å². The molecule has 1 N–H and O–H groups in total. The molecular weight excluding hydrogens is 304 g/mol. The molecule has 0 aliphatic carbocycles. The molecule has 0 saturated carbocycles. The van der Waals surface area contributed by atoms with Gasteiger partial charge >= 0.3 is 0 Å². The van der Waals surface area contributed by atoms with Gasteiger partial charge in [0.05, 0.1) is 10.5 Å². The van der Waals surface area contributed by atoms with Gasteiger partial charge in [-0.05, 0) is 44.0 Å². The van der Waals surface area contributed by atoms with E-state index in [1.807, 2.05) is 12.1 Å². The summed E-state index contributed by atoms with van der Waals surface area (Å²) in [6.07, 6.45) is 2.19. The lowest BCUT2D eigenvalue weighted by Crippen LogP contribution is -2.35. The van der Waals surface area contributed by atoms with Crippen molar-refractivity contribution in [1.82, 2.24) is 0 Å². The number of fused-ring (bicyclic) bond motifs is 5. The Morgan fingerprint density at radius 2 is 2.00 bits per heavy atom. The Morgan fingerprint density at radius 1 is 1.21 bits per heavy atom. The van der Waals surface area contributed by atoms with Crippen molar-refractivity contribution < 1.29 is 9.66 Å². The molecule has 5 nitrogen and oxygen atoms in total. The largest absolute Gasteiger partial charge is 0.488 e. The molecule has 122 valence electrons. The Morgan fingerprint density at radius 3 is 2.75 bits per heavy atom. The first-order valence-electron chi connectivity index (χ1n) is 7.91. The molecule has 24 heavy (non-hydrogen) atoms. The minimum atomic E-state index is -0.374. The summed E-state index contributed by atoms with van der Waals surface area (Å²) >= 11 is 0. The molecular formula is C19H18N2O3. The van der Waals surface area contributed by atoms with E-state index in [4.69, 9.17) is 4.74 Å². The molecule has 0 aromatic heterocycles. The number of nitrogens with one attached hydrogen (secondary N) is 1. The van der Waals surface area contributed by atoms with Gasteiger partial charge in [-0.25, -0.2) is 0 Å². The second-order valence-corrected chi connectivity index (χ2v) is 6.86. The summed E-state index contributed by atoms with van der Waals surface area (Å²) in [5.41, 5.74) is 6.27. The van der Waals surface area contributed by atoms with Crippen molar-refractivity contribution in [2.75, 3.05) is 5.32 Å². The number of anilines is 1. The van der Waals surface area contributed by atoms with Crippen molar-refractivity contribution in [1.29, 1.82) is 0 Å². The van der Waals surface area contributed by atoms with Gasteiger partial charge in [0.2, 0.25) is 0 Å². The molecule has 2 aromatic rings. The summed E-state index contributed by atoms with van der Waals surface area (Å²) in [6.45, 7) is 6.87. The quantitative estimate of drug-likeness (QED) is 0.607. The second kappa shape index (κ2) is 4.84. The summed E-state index contributed by atoms with van der Waals surface area (Å²) < 4.78 is 5.86. The number of ether oxygens (including phenoxy) is 1. The Bertz CT molecular complexity index is 913. The SMILES string of the molecule is CC1=Cc2c(ccc3c2COc2ccc([N+](=O)[O-])cc2-3)NC1(C)C. The highest BCUT2D eigenvalue weighted by atomic mass is 16.6. The molecule has 2 heterocycles. The number of nitrogens with zero attached hydrogens (tertiary/aromatic N) is 1. The number of non-ortho nitro benzene ring substituents is 1. The molecule has 0 atom stereocenters. The summed E-state index contributed by atoms with van der Waals surface area (Å²) in [6, 6.07) is 8.83. The van der Waals surface area contributed by atoms with Crippen LogP contribution in [0.3, 0.4) is 0 Å². The van der Waals surface area contributed by atoms with Crippen LogP contribution in [-0.2, 0) is 6.61 Å². The topological polar surface area (TPSA) is 64.4 Å². The molecule has 0 amide bonds. The van der Waals surface area contributed by atoms with Crippen LogP contribution in [0.25, 0.3) is 17.2 Å². The Kier molecular flexibility index (Phi) is 2.97. The zero-order chi connectivity index (χ0) is 17.1. The third-order valence-electron chi connectivity index (χ3n) is 4.99. The summed E-state index contributed by atoms with van der Waals surface area (Å²) in [4.78, 5) is 10.7. The van der Waals surface area contributed by atoms with Crippen LogP contribution in [0.5, 0.6) is 5.75 Å². The van der Waals surface area contributed by atoms with E-state index >= 15 is 0 Å². The number of hydrogen-bond acceptors (Lipinski definition) is 4. The standard InChI is InChI=1S/C19H18N2O3/c1-11-8-14-16-10-24-18-7-4-12(21(22)23)9-15(18)13(16)5-6-17(14)20-19(11,2)3/h4-9,20H,10H2,1-3H3. The van der Waals surface area contributed by atoms with Crippen LogP contribution in [0, 0.1) is 10.1 Å². The maximum absolute atomic E-state index is 11.1. The van der Waals surface area contributed by atoms with Crippen LogP contribution in [0.15, 0.2) is 35.9 Å². The molecule has 2 aromatic carbocycles. The number of rotatable bonds is 1. The molecule has 0 saturated heterocycles. The van der Waals surface area contributed by atoms with Gasteiger partial charge in [0.25, 0.3) is 5.69 Å². The lowest BCUT2D eigenvalue weighted by molar-refractivity contribution is -0.384. The van der Waals surface area contributed by atoms with Crippen molar-refractivity contribution in [3.8, 4) is 16.9 Å². The van der Waals surface area contributed by atoms with Crippen LogP contribution in [-0.4, -0.2) is 10.5 Å². The van der Waals surface area contributed by atoms with Crippen LogP contribution in [0.4, 0.5) is 11.4 Å². The van der Waals surface area contributed by atoms with E-state index in [1.165, 1.54) is 11.6 Å². The van der Waals surface area contributed by atoms with E-state index < -0.39 is 0 Å². The van der Waals surface area contributed by atoms with Gasteiger partial charge in [0.15, 0.2) is 0 Å². The number of benzene rings is 2. The fraction of sp³-hybridized carbons (Fsp3) is 0.263. The molecule has 0 unspecified atom stereocenters. The van der Waals surface area contributed by atoms with Crippen LogP contribution >= 0.6 is 0 Å². The highest BCUT2D eigenvalue weighted by Crippen LogP contribution is 2.45. The maximum atomic E-state index is 11.1. The van der Waals surface area contributed by atoms with Gasteiger partial charge in [-0.3, -0.25) is 10.1 Å². The molecule has 2 aliphatic heterocycles. The number of hydrogen-bond donors (Lipinski definition) is 1. The van der Waals surface area contributed by atoms with Crippen molar-refractivity contribution in [3.63, 3.8) is 0 Å². The molecule has 0 bridgehead atoms. The summed E-state index contributed by atoms with van der Waals surface area (Å²) in [5.74, 6) is 0.692. The Hall–Kier alpha value is -2.82. The number of nitro groups is 1. The smallest absolute Gasteiger partial charge is 0.270 e. The zero-order valence-corrected chi connectivity index (χ0v) is 13.8. The third kappa shape index (κ3) is 2.08. The molecule has 4 rings (SSSR count). The van der Waals surface area contributed by atoms with Gasteiger partial charge in [0, 0.05) is 34.5 Å². The molecule has 0 fully saturated rings. The predicted molar refractivity (Wildman–Crippen MR) is 94.2 cm³/mol. The van der Waals surface area contributed by atoms with Gasteiger partial charge in [-0.1, -0.05) is 12.1 Å². The van der Waals surface area contributed by atoms with Crippen LogP contribution in [0.2, 0.25) is 0 Å². The minimum absolute atomic E-state index is 0.0777. The average Bonchev–Trinajstić information content (AvgIpc) is 2.54. The molecule has 0 radical (unpaired) electrons. The lowest BCUT2D eigenvalue weighted by Gasteiger charge is -2.35. The fourth-order valence-corrected chi connectivity index (χ4v) is 3.30. The minimum Gasteiger partial charge on any atom is -0.488 e.